The molecule has 0 N–H and O–H groups in total. The van der Waals surface area contributed by atoms with E-state index < -0.39 is 0 Å². The molecule has 3 nitrogen and oxygen atoms in total. The summed E-state index contributed by atoms with van der Waals surface area (Å²) in [6.07, 6.45) is 0. The second-order valence-corrected chi connectivity index (χ2v) is 7.99. The second kappa shape index (κ2) is 8.19. The predicted octanol–water partition coefficient (Wildman–Crippen LogP) is 6.80. The van der Waals surface area contributed by atoms with Gasteiger partial charge in [-0.15, -0.1) is 0 Å². The Morgan fingerprint density at radius 3 is 1.40 bits per heavy atom. The van der Waals surface area contributed by atoms with E-state index in [1.54, 1.807) is 0 Å². The monoisotopic (exact) mass is 396 g/mol. The molecule has 0 aromatic heterocycles. The van der Waals surface area contributed by atoms with Crippen molar-refractivity contribution in [1.29, 1.82) is 0 Å². The Morgan fingerprint density at radius 1 is 0.600 bits per heavy atom. The molecule has 2 amide bonds. The summed E-state index contributed by atoms with van der Waals surface area (Å²) in [7, 11) is 3.78. The molecule has 2 atom stereocenters. The van der Waals surface area contributed by atoms with E-state index in [4.69, 9.17) is 0 Å². The van der Waals surface area contributed by atoms with E-state index in [9.17, 15) is 4.79 Å². The van der Waals surface area contributed by atoms with Crippen LogP contribution in [0.25, 0.3) is 21.5 Å². The van der Waals surface area contributed by atoms with Crippen LogP contribution in [0, 0.1) is 0 Å². The van der Waals surface area contributed by atoms with Gasteiger partial charge in [0.25, 0.3) is 0 Å². The SMILES string of the molecule is C[C@H](c1cccc2ccccc12)N(C)C(=O)N(C)[C@@H](C)c1cccc2ccccc12. The van der Waals surface area contributed by atoms with Gasteiger partial charge in [-0.25, -0.2) is 4.79 Å². The Hall–Kier alpha value is -3.33. The van der Waals surface area contributed by atoms with Crippen molar-refractivity contribution in [3.8, 4) is 0 Å². The van der Waals surface area contributed by atoms with Crippen molar-refractivity contribution in [2.24, 2.45) is 0 Å². The first-order valence-electron chi connectivity index (χ1n) is 10.4. The standard InChI is InChI=1S/C27H28N2O/c1-19(23-17-9-13-21-11-5-7-15-25(21)23)28(3)27(30)29(4)20(2)24-18-10-14-22-12-6-8-16-26(22)24/h5-20H,1-4H3/t19-,20+. The van der Waals surface area contributed by atoms with E-state index in [0.717, 1.165) is 11.1 Å². The zero-order valence-corrected chi connectivity index (χ0v) is 18.0. The number of fused-ring (bicyclic) bond motifs is 2. The summed E-state index contributed by atoms with van der Waals surface area (Å²) in [4.78, 5) is 17.1. The number of amides is 2. The Kier molecular flexibility index (Phi) is 5.45. The number of carbonyl (C=O) groups is 1. The van der Waals surface area contributed by atoms with E-state index in [-0.39, 0.29) is 18.1 Å². The molecule has 0 aliphatic carbocycles. The summed E-state index contributed by atoms with van der Waals surface area (Å²) in [6, 6.07) is 29.2. The van der Waals surface area contributed by atoms with Crippen LogP contribution >= 0.6 is 0 Å². The molecule has 0 aliphatic heterocycles. The third-order valence-corrected chi connectivity index (χ3v) is 6.31. The third-order valence-electron chi connectivity index (χ3n) is 6.31. The summed E-state index contributed by atoms with van der Waals surface area (Å²) in [5.41, 5.74) is 2.32. The molecule has 152 valence electrons. The molecule has 4 aromatic rings. The normalized spacial score (nSPS) is 13.2. The molecule has 0 heterocycles. The highest BCUT2D eigenvalue weighted by molar-refractivity contribution is 5.88. The van der Waals surface area contributed by atoms with Crippen molar-refractivity contribution in [2.75, 3.05) is 14.1 Å². The molecule has 3 heteroatoms. The highest BCUT2D eigenvalue weighted by Gasteiger charge is 2.26. The minimum atomic E-state index is -0.0363. The first-order chi connectivity index (χ1) is 14.5. The lowest BCUT2D eigenvalue weighted by atomic mass is 9.98. The Balaban J connectivity index is 1.61. The first kappa shape index (κ1) is 20.0. The fraction of sp³-hybridized carbons (Fsp3) is 0.222. The molecule has 30 heavy (non-hydrogen) atoms. The summed E-state index contributed by atoms with van der Waals surface area (Å²) < 4.78 is 0. The number of carbonyl (C=O) groups excluding carboxylic acids is 1. The van der Waals surface area contributed by atoms with Crippen molar-refractivity contribution in [3.63, 3.8) is 0 Å². The molecule has 0 aliphatic rings. The summed E-state index contributed by atoms with van der Waals surface area (Å²) in [5.74, 6) is 0. The smallest absolute Gasteiger partial charge is 0.320 e. The molecule has 0 fully saturated rings. The van der Waals surface area contributed by atoms with Crippen LogP contribution in [0.1, 0.15) is 37.1 Å². The number of urea groups is 1. The highest BCUT2D eigenvalue weighted by Crippen LogP contribution is 2.31. The van der Waals surface area contributed by atoms with Crippen molar-refractivity contribution >= 4 is 27.6 Å². The lowest BCUT2D eigenvalue weighted by Crippen LogP contribution is -2.41. The Morgan fingerprint density at radius 2 is 0.967 bits per heavy atom. The molecule has 0 saturated carbocycles. The maximum absolute atomic E-state index is 13.4. The van der Waals surface area contributed by atoms with Crippen LogP contribution in [0.15, 0.2) is 84.9 Å². The van der Waals surface area contributed by atoms with Crippen molar-refractivity contribution in [3.05, 3.63) is 96.1 Å². The van der Waals surface area contributed by atoms with Gasteiger partial charge >= 0.3 is 6.03 Å². The van der Waals surface area contributed by atoms with Gasteiger partial charge in [-0.3, -0.25) is 0 Å². The lowest BCUT2D eigenvalue weighted by molar-refractivity contribution is 0.147. The van der Waals surface area contributed by atoms with Crippen molar-refractivity contribution in [2.45, 2.75) is 25.9 Å². The quantitative estimate of drug-likeness (QED) is 0.372. The molecule has 0 radical (unpaired) electrons. The van der Waals surface area contributed by atoms with Gasteiger partial charge in [0.05, 0.1) is 12.1 Å². The van der Waals surface area contributed by atoms with Gasteiger partial charge in [0.1, 0.15) is 0 Å². The first-order valence-corrected chi connectivity index (χ1v) is 10.4. The van der Waals surface area contributed by atoms with Crippen LogP contribution in [0.4, 0.5) is 4.79 Å². The Bertz CT molecular complexity index is 1100. The van der Waals surface area contributed by atoms with E-state index in [0.29, 0.717) is 0 Å². The van der Waals surface area contributed by atoms with Crippen molar-refractivity contribution < 1.29 is 4.79 Å². The maximum atomic E-state index is 13.4. The number of benzene rings is 4. The average Bonchev–Trinajstić information content (AvgIpc) is 2.81. The molecule has 0 spiro atoms. The van der Waals surface area contributed by atoms with E-state index in [1.165, 1.54) is 21.5 Å². The third kappa shape index (κ3) is 3.52. The van der Waals surface area contributed by atoms with Crippen LogP contribution in [-0.4, -0.2) is 29.9 Å². The van der Waals surface area contributed by atoms with Gasteiger partial charge in [0, 0.05) is 14.1 Å². The van der Waals surface area contributed by atoms with Gasteiger partial charge in [0.15, 0.2) is 0 Å². The van der Waals surface area contributed by atoms with Crippen LogP contribution in [0.2, 0.25) is 0 Å². The number of hydrogen-bond acceptors (Lipinski definition) is 1. The van der Waals surface area contributed by atoms with Crippen LogP contribution in [-0.2, 0) is 0 Å². The van der Waals surface area contributed by atoms with Crippen LogP contribution in [0.5, 0.6) is 0 Å². The van der Waals surface area contributed by atoms with Gasteiger partial charge in [-0.1, -0.05) is 84.9 Å². The minimum Gasteiger partial charge on any atom is -0.321 e. The summed E-state index contributed by atoms with van der Waals surface area (Å²) in [5, 5.41) is 4.77. The second-order valence-electron chi connectivity index (χ2n) is 7.99. The Labute approximate surface area is 178 Å². The average molecular weight is 397 g/mol. The van der Waals surface area contributed by atoms with Gasteiger partial charge < -0.3 is 9.80 Å². The number of rotatable bonds is 4. The maximum Gasteiger partial charge on any atom is 0.320 e. The van der Waals surface area contributed by atoms with E-state index >= 15 is 0 Å². The fourth-order valence-electron chi connectivity index (χ4n) is 4.23. The molecular formula is C27H28N2O. The van der Waals surface area contributed by atoms with Crippen LogP contribution in [0.3, 0.4) is 0 Å². The molecular weight excluding hydrogens is 368 g/mol. The molecule has 0 unspecified atom stereocenters. The number of nitrogens with zero attached hydrogens (tertiary/aromatic N) is 2. The van der Waals surface area contributed by atoms with Gasteiger partial charge in [-0.2, -0.15) is 0 Å². The lowest BCUT2D eigenvalue weighted by Gasteiger charge is -2.34. The zero-order valence-electron chi connectivity index (χ0n) is 18.0. The largest absolute Gasteiger partial charge is 0.321 e. The summed E-state index contributed by atoms with van der Waals surface area (Å²) >= 11 is 0. The molecule has 4 rings (SSSR count). The van der Waals surface area contributed by atoms with Crippen LogP contribution < -0.4 is 0 Å². The number of hydrogen-bond donors (Lipinski definition) is 0. The van der Waals surface area contributed by atoms with Crippen molar-refractivity contribution in [1.82, 2.24) is 9.80 Å². The van der Waals surface area contributed by atoms with Gasteiger partial charge in [0.2, 0.25) is 0 Å². The zero-order chi connectivity index (χ0) is 21.3. The van der Waals surface area contributed by atoms with Gasteiger partial charge in [-0.05, 0) is 46.5 Å². The molecule has 4 aromatic carbocycles. The van der Waals surface area contributed by atoms with E-state index in [1.807, 2.05) is 36.0 Å². The topological polar surface area (TPSA) is 23.6 Å². The predicted molar refractivity (Wildman–Crippen MR) is 126 cm³/mol. The summed E-state index contributed by atoms with van der Waals surface area (Å²) in [6.45, 7) is 4.19. The molecule has 0 saturated heterocycles. The van der Waals surface area contributed by atoms with E-state index in [2.05, 4.69) is 86.6 Å². The minimum absolute atomic E-state index is 0.0101. The fourth-order valence-corrected chi connectivity index (χ4v) is 4.23. The molecule has 0 bridgehead atoms. The highest BCUT2D eigenvalue weighted by atomic mass is 16.2.